The molecule has 56 valence electrons. The van der Waals surface area contributed by atoms with Crippen LogP contribution in [0.4, 0.5) is 5.69 Å². The molecule has 2 heteroatoms. The smallest absolute Gasteiger partial charge is 0.0724 e. The van der Waals surface area contributed by atoms with Crippen LogP contribution in [0, 0.1) is 0 Å². The molecule has 0 spiro atoms. The number of rotatable bonds is 0. The van der Waals surface area contributed by atoms with Gasteiger partial charge in [-0.2, -0.15) is 0 Å². The van der Waals surface area contributed by atoms with Crippen LogP contribution in [0.3, 0.4) is 0 Å². The summed E-state index contributed by atoms with van der Waals surface area (Å²) in [6, 6.07) is 4.13. The van der Waals surface area contributed by atoms with E-state index in [2.05, 4.69) is 16.1 Å². The number of hydrogen-bond donors (Lipinski definition) is 0. The highest BCUT2D eigenvalue weighted by Gasteiger charge is 2.03. The number of hydrogen-bond acceptors (Lipinski definition) is 2. The Morgan fingerprint density at radius 3 is 3.17 bits per heavy atom. The van der Waals surface area contributed by atoms with Gasteiger partial charge in [0.25, 0.3) is 0 Å². The van der Waals surface area contributed by atoms with Crippen molar-refractivity contribution in [3.05, 3.63) is 34.5 Å². The molecule has 12 heavy (non-hydrogen) atoms. The highest BCUT2D eigenvalue weighted by Crippen LogP contribution is 2.08. The van der Waals surface area contributed by atoms with Crippen LogP contribution in [0.5, 0.6) is 0 Å². The van der Waals surface area contributed by atoms with Gasteiger partial charge in [-0.25, -0.2) is 0 Å². The van der Waals surface area contributed by atoms with E-state index in [1.165, 1.54) is 10.8 Å². The fourth-order valence-corrected chi connectivity index (χ4v) is 1.50. The summed E-state index contributed by atoms with van der Waals surface area (Å²) in [6.45, 7) is 0. The predicted octanol–water partition coefficient (Wildman–Crippen LogP) is 0.787. The topological polar surface area (TPSA) is 24.7 Å². The molecule has 0 amide bonds. The van der Waals surface area contributed by atoms with Crippen LogP contribution in [-0.2, 0) is 0 Å². The van der Waals surface area contributed by atoms with Crippen LogP contribution in [0.1, 0.15) is 5.56 Å². The molecule has 0 aliphatic carbocycles. The van der Waals surface area contributed by atoms with Crippen molar-refractivity contribution in [2.45, 2.75) is 0 Å². The lowest BCUT2D eigenvalue weighted by Crippen LogP contribution is -2.09. The Morgan fingerprint density at radius 2 is 2.17 bits per heavy atom. The predicted molar refractivity (Wildman–Crippen MR) is 48.9 cm³/mol. The molecule has 2 aliphatic heterocycles. The third-order valence-corrected chi connectivity index (χ3v) is 2.11. The molecule has 0 unspecified atom stereocenters. The van der Waals surface area contributed by atoms with Crippen LogP contribution in [0.25, 0.3) is 12.2 Å². The summed E-state index contributed by atoms with van der Waals surface area (Å²) >= 11 is 0. The van der Waals surface area contributed by atoms with E-state index >= 15 is 0 Å². The Bertz CT molecular complexity index is 472. The highest BCUT2D eigenvalue weighted by atomic mass is 14.7. The summed E-state index contributed by atoms with van der Waals surface area (Å²) in [5, 5.41) is 2.22. The SMILES string of the molecule is C1=Cc2cc3c(cc2=N1)N=CC=3. The van der Waals surface area contributed by atoms with Gasteiger partial charge in [0, 0.05) is 23.2 Å². The average Bonchev–Trinajstić information content (AvgIpc) is 2.64. The molecule has 0 atom stereocenters. The van der Waals surface area contributed by atoms with Gasteiger partial charge in [0.15, 0.2) is 0 Å². The minimum atomic E-state index is 1.03. The molecule has 2 nitrogen and oxygen atoms in total. The fourth-order valence-electron chi connectivity index (χ4n) is 1.50. The number of nitrogens with zero attached hydrogens (tertiary/aromatic N) is 2. The fraction of sp³-hybridized carbons (Fsp3) is 0. The molecule has 0 saturated carbocycles. The van der Waals surface area contributed by atoms with Crippen LogP contribution in [0.2, 0.25) is 0 Å². The van der Waals surface area contributed by atoms with Gasteiger partial charge in [-0.05, 0) is 24.3 Å². The van der Waals surface area contributed by atoms with Gasteiger partial charge in [-0.1, -0.05) is 0 Å². The van der Waals surface area contributed by atoms with Crippen molar-refractivity contribution < 1.29 is 0 Å². The largest absolute Gasteiger partial charge is 0.256 e. The second-order valence-corrected chi connectivity index (χ2v) is 2.86. The average molecular weight is 154 g/mol. The van der Waals surface area contributed by atoms with Gasteiger partial charge in [-0.15, -0.1) is 0 Å². The summed E-state index contributed by atoms with van der Waals surface area (Å²) < 4.78 is 0. The Hall–Kier alpha value is -1.70. The Kier molecular flexibility index (Phi) is 0.939. The lowest BCUT2D eigenvalue weighted by Gasteiger charge is -1.92. The summed E-state index contributed by atoms with van der Waals surface area (Å²) in [7, 11) is 0. The van der Waals surface area contributed by atoms with Gasteiger partial charge in [0.05, 0.1) is 11.0 Å². The monoisotopic (exact) mass is 154 g/mol. The van der Waals surface area contributed by atoms with Gasteiger partial charge < -0.3 is 0 Å². The first kappa shape index (κ1) is 5.89. The lowest BCUT2D eigenvalue weighted by atomic mass is 10.1. The molecule has 0 radical (unpaired) electrons. The van der Waals surface area contributed by atoms with E-state index < -0.39 is 0 Å². The summed E-state index contributed by atoms with van der Waals surface area (Å²) in [4.78, 5) is 8.42. The molecule has 1 aromatic carbocycles. The van der Waals surface area contributed by atoms with Crippen molar-refractivity contribution in [3.63, 3.8) is 0 Å². The van der Waals surface area contributed by atoms with E-state index in [0.717, 1.165) is 11.0 Å². The van der Waals surface area contributed by atoms with Crippen molar-refractivity contribution in [1.82, 2.24) is 0 Å². The molecule has 0 aromatic heterocycles. The molecular weight excluding hydrogens is 148 g/mol. The molecule has 2 heterocycles. The Morgan fingerprint density at radius 1 is 1.17 bits per heavy atom. The molecule has 0 bridgehead atoms. The molecule has 2 aliphatic rings. The van der Waals surface area contributed by atoms with Crippen molar-refractivity contribution in [2.75, 3.05) is 0 Å². The summed E-state index contributed by atoms with van der Waals surface area (Å²) in [5.41, 5.74) is 2.22. The zero-order valence-electron chi connectivity index (χ0n) is 6.36. The van der Waals surface area contributed by atoms with Crippen LogP contribution >= 0.6 is 0 Å². The third-order valence-electron chi connectivity index (χ3n) is 2.11. The molecular formula is C10H6N2. The number of fused-ring (bicyclic) bond motifs is 2. The number of benzene rings is 1. The van der Waals surface area contributed by atoms with E-state index in [1.807, 2.05) is 30.6 Å². The second kappa shape index (κ2) is 1.91. The van der Waals surface area contributed by atoms with Crippen molar-refractivity contribution >= 4 is 24.1 Å². The third kappa shape index (κ3) is 0.639. The van der Waals surface area contributed by atoms with Gasteiger partial charge >= 0.3 is 0 Å². The molecule has 0 N–H and O–H groups in total. The molecule has 3 rings (SSSR count). The van der Waals surface area contributed by atoms with E-state index in [4.69, 9.17) is 0 Å². The molecule has 1 aromatic rings. The van der Waals surface area contributed by atoms with Crippen molar-refractivity contribution in [3.8, 4) is 0 Å². The maximum Gasteiger partial charge on any atom is 0.0724 e. The molecule has 0 saturated heterocycles. The number of aliphatic imine (C=N–C) groups is 1. The zero-order valence-corrected chi connectivity index (χ0v) is 6.36. The van der Waals surface area contributed by atoms with Crippen molar-refractivity contribution in [1.29, 1.82) is 0 Å². The van der Waals surface area contributed by atoms with Gasteiger partial charge in [-0.3, -0.25) is 9.98 Å². The second-order valence-electron chi connectivity index (χ2n) is 2.86. The maximum absolute atomic E-state index is 4.21. The normalized spacial score (nSPS) is 15.3. The van der Waals surface area contributed by atoms with E-state index in [9.17, 15) is 0 Å². The van der Waals surface area contributed by atoms with E-state index in [-0.39, 0.29) is 0 Å². The minimum Gasteiger partial charge on any atom is -0.256 e. The van der Waals surface area contributed by atoms with E-state index in [1.54, 1.807) is 0 Å². The quantitative estimate of drug-likeness (QED) is 0.527. The standard InChI is InChI=1S/C10H6N2/c1-3-11-9-6-10-8(2-4-12-10)5-7(1)9/h1-6H. The lowest BCUT2D eigenvalue weighted by molar-refractivity contribution is 1.36. The zero-order chi connectivity index (χ0) is 7.97. The summed E-state index contributed by atoms with van der Waals surface area (Å²) in [6.07, 6.45) is 7.68. The van der Waals surface area contributed by atoms with Crippen molar-refractivity contribution in [2.24, 2.45) is 9.98 Å². The van der Waals surface area contributed by atoms with Gasteiger partial charge in [0.1, 0.15) is 0 Å². The van der Waals surface area contributed by atoms with Gasteiger partial charge in [0.2, 0.25) is 0 Å². The highest BCUT2D eigenvalue weighted by molar-refractivity contribution is 5.97. The molecule has 0 fully saturated rings. The first-order valence-electron chi connectivity index (χ1n) is 3.86. The Balaban J connectivity index is 2.50. The maximum atomic E-state index is 4.21. The minimum absolute atomic E-state index is 1.03. The van der Waals surface area contributed by atoms with E-state index in [0.29, 0.717) is 0 Å². The first-order chi connectivity index (χ1) is 5.93. The summed E-state index contributed by atoms with van der Waals surface area (Å²) in [5.74, 6) is 0. The van der Waals surface area contributed by atoms with Crippen LogP contribution in [0.15, 0.2) is 28.3 Å². The van der Waals surface area contributed by atoms with Crippen LogP contribution in [-0.4, -0.2) is 6.21 Å². The Labute approximate surface area is 69.3 Å². The van der Waals surface area contributed by atoms with Crippen LogP contribution < -0.4 is 10.6 Å². The first-order valence-corrected chi connectivity index (χ1v) is 3.86.